The van der Waals surface area contributed by atoms with Crippen molar-refractivity contribution in [3.8, 4) is 0 Å². The highest BCUT2D eigenvalue weighted by atomic mass is 35.5. The Morgan fingerprint density at radius 2 is 1.92 bits per heavy atom. The topological polar surface area (TPSA) is 69.3 Å². The zero-order chi connectivity index (χ0) is 17.6. The fourth-order valence-electron chi connectivity index (χ4n) is 2.72. The van der Waals surface area contributed by atoms with E-state index < -0.39 is 0 Å². The van der Waals surface area contributed by atoms with E-state index in [1.54, 1.807) is 12.3 Å². The maximum Gasteiger partial charge on any atom is 0.323 e. The predicted octanol–water partition coefficient (Wildman–Crippen LogP) is 3.09. The third-order valence-corrected chi connectivity index (χ3v) is 4.45. The third-order valence-electron chi connectivity index (χ3n) is 4.08. The quantitative estimate of drug-likeness (QED) is 0.784. The van der Waals surface area contributed by atoms with E-state index in [4.69, 9.17) is 11.6 Å². The Hall–Kier alpha value is -2.15. The number of rotatable bonds is 4. The minimum atomic E-state index is -0.305. The third kappa shape index (κ3) is 5.16. The van der Waals surface area contributed by atoms with Gasteiger partial charge in [0, 0.05) is 49.1 Å². The summed E-state index contributed by atoms with van der Waals surface area (Å²) in [4.78, 5) is 18.7. The summed E-state index contributed by atoms with van der Waals surface area (Å²) in [6.07, 6.45) is 1.63. The second-order valence-corrected chi connectivity index (χ2v) is 6.51. The van der Waals surface area contributed by atoms with Crippen molar-refractivity contribution >= 4 is 29.0 Å². The first-order chi connectivity index (χ1) is 12.1. The second-order valence-electron chi connectivity index (χ2n) is 6.10. The summed E-state index contributed by atoms with van der Waals surface area (Å²) in [5.74, 6) is 0. The number of amides is 2. The minimum Gasteiger partial charge on any atom is -0.314 e. The Kier molecular flexibility index (Phi) is 5.86. The SMILES string of the molecule is Cc1ccc(NC(=O)Nc2ccc(Cl)c(CN3CCNCC3)c2)cn1. The molecular weight excluding hydrogens is 338 g/mol. The molecule has 0 aliphatic carbocycles. The first-order valence-electron chi connectivity index (χ1n) is 8.32. The lowest BCUT2D eigenvalue weighted by atomic mass is 10.1. The zero-order valence-electron chi connectivity index (χ0n) is 14.2. The van der Waals surface area contributed by atoms with Crippen LogP contribution >= 0.6 is 11.6 Å². The molecule has 6 nitrogen and oxygen atoms in total. The average Bonchev–Trinajstić information content (AvgIpc) is 2.61. The minimum absolute atomic E-state index is 0.305. The van der Waals surface area contributed by atoms with Gasteiger partial charge in [0.1, 0.15) is 0 Å². The van der Waals surface area contributed by atoms with Gasteiger partial charge in [0.2, 0.25) is 0 Å². The zero-order valence-corrected chi connectivity index (χ0v) is 14.9. The molecule has 25 heavy (non-hydrogen) atoms. The van der Waals surface area contributed by atoms with Gasteiger partial charge >= 0.3 is 6.03 Å². The van der Waals surface area contributed by atoms with Gasteiger partial charge < -0.3 is 16.0 Å². The maximum absolute atomic E-state index is 12.2. The lowest BCUT2D eigenvalue weighted by Crippen LogP contribution is -2.42. The summed E-state index contributed by atoms with van der Waals surface area (Å²) >= 11 is 6.32. The smallest absolute Gasteiger partial charge is 0.314 e. The highest BCUT2D eigenvalue weighted by Crippen LogP contribution is 2.22. The number of carbonyl (C=O) groups is 1. The number of aryl methyl sites for hydroxylation is 1. The van der Waals surface area contributed by atoms with Gasteiger partial charge in [-0.2, -0.15) is 0 Å². The van der Waals surface area contributed by atoms with Crippen LogP contribution in [0.4, 0.5) is 16.2 Å². The van der Waals surface area contributed by atoms with E-state index in [1.165, 1.54) is 0 Å². The van der Waals surface area contributed by atoms with E-state index >= 15 is 0 Å². The largest absolute Gasteiger partial charge is 0.323 e. The van der Waals surface area contributed by atoms with E-state index in [2.05, 4.69) is 25.8 Å². The van der Waals surface area contributed by atoms with Crippen molar-refractivity contribution in [3.05, 3.63) is 52.8 Å². The Morgan fingerprint density at radius 3 is 2.64 bits per heavy atom. The van der Waals surface area contributed by atoms with Gasteiger partial charge in [-0.1, -0.05) is 11.6 Å². The van der Waals surface area contributed by atoms with Gasteiger partial charge in [-0.25, -0.2) is 4.79 Å². The monoisotopic (exact) mass is 359 g/mol. The molecule has 1 aromatic carbocycles. The van der Waals surface area contributed by atoms with Gasteiger partial charge in [0.05, 0.1) is 11.9 Å². The Bertz CT molecular complexity index is 729. The van der Waals surface area contributed by atoms with Crippen molar-refractivity contribution in [2.45, 2.75) is 13.5 Å². The van der Waals surface area contributed by atoms with E-state index in [0.717, 1.165) is 44.0 Å². The lowest BCUT2D eigenvalue weighted by molar-refractivity contribution is 0.233. The molecule has 3 N–H and O–H groups in total. The number of hydrogen-bond acceptors (Lipinski definition) is 4. The molecule has 0 saturated carbocycles. The number of halogens is 1. The fourth-order valence-corrected chi connectivity index (χ4v) is 2.90. The Morgan fingerprint density at radius 1 is 1.20 bits per heavy atom. The van der Waals surface area contributed by atoms with Crippen molar-refractivity contribution in [2.24, 2.45) is 0 Å². The number of anilines is 2. The molecule has 1 saturated heterocycles. The summed E-state index contributed by atoms with van der Waals surface area (Å²) in [7, 11) is 0. The second kappa shape index (κ2) is 8.29. The Labute approximate surface area is 152 Å². The molecule has 2 aromatic rings. The highest BCUT2D eigenvalue weighted by molar-refractivity contribution is 6.31. The molecule has 132 valence electrons. The van der Waals surface area contributed by atoms with Crippen LogP contribution in [0.5, 0.6) is 0 Å². The molecule has 0 radical (unpaired) electrons. The predicted molar refractivity (Wildman–Crippen MR) is 101 cm³/mol. The van der Waals surface area contributed by atoms with Crippen LogP contribution in [-0.4, -0.2) is 42.1 Å². The van der Waals surface area contributed by atoms with E-state index in [9.17, 15) is 4.79 Å². The van der Waals surface area contributed by atoms with Gasteiger partial charge in [0.25, 0.3) is 0 Å². The molecule has 7 heteroatoms. The Balaban J connectivity index is 1.62. The number of carbonyl (C=O) groups excluding carboxylic acids is 1. The van der Waals surface area contributed by atoms with Crippen molar-refractivity contribution in [1.82, 2.24) is 15.2 Å². The van der Waals surface area contributed by atoms with E-state index in [-0.39, 0.29) is 6.03 Å². The number of benzene rings is 1. The standard InChI is InChI=1S/C18H22ClN5O/c1-13-2-3-16(11-21-13)23-18(25)22-15-4-5-17(19)14(10-15)12-24-8-6-20-7-9-24/h2-5,10-11,20H,6-9,12H2,1H3,(H2,22,23,25). The summed E-state index contributed by atoms with van der Waals surface area (Å²) < 4.78 is 0. The summed E-state index contributed by atoms with van der Waals surface area (Å²) in [6, 6.07) is 8.92. The summed E-state index contributed by atoms with van der Waals surface area (Å²) in [6.45, 7) is 6.64. The van der Waals surface area contributed by atoms with Crippen LogP contribution in [0.3, 0.4) is 0 Å². The van der Waals surface area contributed by atoms with Gasteiger partial charge in [-0.15, -0.1) is 0 Å². The summed E-state index contributed by atoms with van der Waals surface area (Å²) in [5.41, 5.74) is 3.28. The van der Waals surface area contributed by atoms with Gasteiger partial charge in [0.15, 0.2) is 0 Å². The molecule has 2 heterocycles. The molecule has 3 rings (SSSR count). The normalized spacial score (nSPS) is 15.0. The molecule has 0 spiro atoms. The van der Waals surface area contributed by atoms with Crippen LogP contribution in [0.15, 0.2) is 36.5 Å². The molecule has 1 aliphatic heterocycles. The van der Waals surface area contributed by atoms with Crippen molar-refractivity contribution in [2.75, 3.05) is 36.8 Å². The molecule has 0 atom stereocenters. The van der Waals surface area contributed by atoms with Crippen LogP contribution in [0.1, 0.15) is 11.3 Å². The molecule has 1 fully saturated rings. The van der Waals surface area contributed by atoms with Crippen LogP contribution in [-0.2, 0) is 6.54 Å². The molecule has 1 aromatic heterocycles. The van der Waals surface area contributed by atoms with Gasteiger partial charge in [-0.3, -0.25) is 9.88 Å². The lowest BCUT2D eigenvalue weighted by Gasteiger charge is -2.27. The number of hydrogen-bond donors (Lipinski definition) is 3. The molecular formula is C18H22ClN5O. The van der Waals surface area contributed by atoms with Crippen LogP contribution < -0.4 is 16.0 Å². The van der Waals surface area contributed by atoms with E-state index in [1.807, 2.05) is 31.2 Å². The molecule has 2 amide bonds. The number of urea groups is 1. The van der Waals surface area contributed by atoms with Crippen molar-refractivity contribution in [1.29, 1.82) is 0 Å². The van der Waals surface area contributed by atoms with Crippen LogP contribution in [0, 0.1) is 6.92 Å². The average molecular weight is 360 g/mol. The first-order valence-corrected chi connectivity index (χ1v) is 8.70. The van der Waals surface area contributed by atoms with E-state index in [0.29, 0.717) is 16.4 Å². The van der Waals surface area contributed by atoms with Crippen LogP contribution in [0.25, 0.3) is 0 Å². The number of nitrogens with one attached hydrogen (secondary N) is 3. The van der Waals surface area contributed by atoms with Gasteiger partial charge in [-0.05, 0) is 42.8 Å². The molecule has 0 bridgehead atoms. The first kappa shape index (κ1) is 17.7. The highest BCUT2D eigenvalue weighted by Gasteiger charge is 2.13. The summed E-state index contributed by atoms with van der Waals surface area (Å²) in [5, 5.41) is 9.66. The number of piperazine rings is 1. The number of pyridine rings is 1. The fraction of sp³-hybridized carbons (Fsp3) is 0.333. The van der Waals surface area contributed by atoms with Crippen molar-refractivity contribution < 1.29 is 4.79 Å². The van der Waals surface area contributed by atoms with Crippen molar-refractivity contribution in [3.63, 3.8) is 0 Å². The number of aromatic nitrogens is 1. The molecule has 0 unspecified atom stereocenters. The molecule has 1 aliphatic rings. The maximum atomic E-state index is 12.2. The van der Waals surface area contributed by atoms with Crippen LogP contribution in [0.2, 0.25) is 5.02 Å². The number of nitrogens with zero attached hydrogens (tertiary/aromatic N) is 2.